The van der Waals surface area contributed by atoms with Crippen LogP contribution in [0, 0.1) is 11.8 Å². The molecule has 3 nitrogen and oxygen atoms in total. The summed E-state index contributed by atoms with van der Waals surface area (Å²) < 4.78 is 5.43. The molecule has 3 heteroatoms. The number of carbonyl (C=O) groups is 1. The quantitative estimate of drug-likeness (QED) is 0.752. The first-order chi connectivity index (χ1) is 7.96. The molecule has 0 radical (unpaired) electrons. The van der Waals surface area contributed by atoms with Crippen molar-refractivity contribution in [2.45, 2.75) is 64.5 Å². The molecule has 1 saturated heterocycles. The SMILES string of the molecule is CC(C)(C)OC(=O)C1CCC(C2CCC2)NC1. The summed E-state index contributed by atoms with van der Waals surface area (Å²) in [5.74, 6) is 0.900. The molecule has 1 aliphatic heterocycles. The fourth-order valence-electron chi connectivity index (χ4n) is 2.71. The minimum atomic E-state index is -0.359. The van der Waals surface area contributed by atoms with E-state index in [4.69, 9.17) is 4.74 Å². The Labute approximate surface area is 104 Å². The monoisotopic (exact) mass is 239 g/mol. The second-order valence-corrected chi connectivity index (χ2v) is 6.51. The highest BCUT2D eigenvalue weighted by molar-refractivity contribution is 5.73. The van der Waals surface area contributed by atoms with Gasteiger partial charge in [-0.2, -0.15) is 0 Å². The Morgan fingerprint density at radius 2 is 1.88 bits per heavy atom. The molecule has 1 aliphatic carbocycles. The van der Waals surface area contributed by atoms with Crippen LogP contribution in [0.5, 0.6) is 0 Å². The first-order valence-electron chi connectivity index (χ1n) is 6.92. The van der Waals surface area contributed by atoms with Gasteiger partial charge < -0.3 is 10.1 Å². The van der Waals surface area contributed by atoms with Crippen molar-refractivity contribution in [2.24, 2.45) is 11.8 Å². The van der Waals surface area contributed by atoms with Crippen molar-refractivity contribution >= 4 is 5.97 Å². The fourth-order valence-corrected chi connectivity index (χ4v) is 2.71. The second-order valence-electron chi connectivity index (χ2n) is 6.51. The highest BCUT2D eigenvalue weighted by Gasteiger charge is 2.34. The Morgan fingerprint density at radius 3 is 2.29 bits per heavy atom. The molecule has 1 N–H and O–H groups in total. The largest absolute Gasteiger partial charge is 0.460 e. The van der Waals surface area contributed by atoms with E-state index in [1.165, 1.54) is 19.3 Å². The average Bonchev–Trinajstić information content (AvgIpc) is 2.13. The molecular weight excluding hydrogens is 214 g/mol. The number of rotatable bonds is 2. The number of ether oxygens (including phenoxy) is 1. The van der Waals surface area contributed by atoms with E-state index in [-0.39, 0.29) is 17.5 Å². The summed E-state index contributed by atoms with van der Waals surface area (Å²) in [5, 5.41) is 3.54. The predicted molar refractivity (Wildman–Crippen MR) is 67.7 cm³/mol. The van der Waals surface area contributed by atoms with E-state index in [0.717, 1.165) is 25.3 Å². The van der Waals surface area contributed by atoms with E-state index in [1.807, 2.05) is 20.8 Å². The van der Waals surface area contributed by atoms with Crippen LogP contribution in [0.15, 0.2) is 0 Å². The number of esters is 1. The van der Waals surface area contributed by atoms with Gasteiger partial charge >= 0.3 is 5.97 Å². The topological polar surface area (TPSA) is 38.3 Å². The van der Waals surface area contributed by atoms with Crippen LogP contribution in [0.4, 0.5) is 0 Å². The number of nitrogens with one attached hydrogen (secondary N) is 1. The Morgan fingerprint density at radius 1 is 1.18 bits per heavy atom. The van der Waals surface area contributed by atoms with Crippen LogP contribution in [0.25, 0.3) is 0 Å². The van der Waals surface area contributed by atoms with Gasteiger partial charge in [-0.1, -0.05) is 6.42 Å². The molecule has 2 fully saturated rings. The lowest BCUT2D eigenvalue weighted by molar-refractivity contribution is -0.160. The molecule has 2 rings (SSSR count). The van der Waals surface area contributed by atoms with E-state index in [1.54, 1.807) is 0 Å². The van der Waals surface area contributed by atoms with Gasteiger partial charge in [-0.15, -0.1) is 0 Å². The molecule has 0 amide bonds. The van der Waals surface area contributed by atoms with Crippen molar-refractivity contribution in [1.82, 2.24) is 5.32 Å². The maximum atomic E-state index is 11.9. The second kappa shape index (κ2) is 4.97. The summed E-state index contributed by atoms with van der Waals surface area (Å²) in [6.45, 7) is 6.59. The molecule has 2 aliphatic rings. The molecule has 0 aromatic rings. The standard InChI is InChI=1S/C14H25NO2/c1-14(2,3)17-13(16)11-7-8-12(15-9-11)10-5-4-6-10/h10-12,15H,4-9H2,1-3H3. The number of carbonyl (C=O) groups excluding carboxylic acids is 1. The summed E-state index contributed by atoms with van der Waals surface area (Å²) in [6.07, 6.45) is 6.25. The fraction of sp³-hybridized carbons (Fsp3) is 0.929. The third kappa shape index (κ3) is 3.44. The molecule has 0 bridgehead atoms. The minimum absolute atomic E-state index is 0.0305. The zero-order valence-corrected chi connectivity index (χ0v) is 11.3. The minimum Gasteiger partial charge on any atom is -0.460 e. The first kappa shape index (κ1) is 12.9. The Balaban J connectivity index is 1.76. The molecule has 1 heterocycles. The normalized spacial score (nSPS) is 30.8. The smallest absolute Gasteiger partial charge is 0.310 e. The average molecular weight is 239 g/mol. The van der Waals surface area contributed by atoms with Gasteiger partial charge in [0.25, 0.3) is 0 Å². The van der Waals surface area contributed by atoms with E-state index in [2.05, 4.69) is 5.32 Å². The molecular formula is C14H25NO2. The third-order valence-corrected chi connectivity index (χ3v) is 3.91. The Bertz CT molecular complexity index is 270. The molecule has 17 heavy (non-hydrogen) atoms. The van der Waals surface area contributed by atoms with Gasteiger partial charge in [0.05, 0.1) is 5.92 Å². The third-order valence-electron chi connectivity index (χ3n) is 3.91. The maximum absolute atomic E-state index is 11.9. The van der Waals surface area contributed by atoms with Gasteiger partial charge in [0.2, 0.25) is 0 Å². The highest BCUT2D eigenvalue weighted by atomic mass is 16.6. The van der Waals surface area contributed by atoms with Gasteiger partial charge in [0.1, 0.15) is 5.60 Å². The number of hydrogen-bond acceptors (Lipinski definition) is 3. The molecule has 1 saturated carbocycles. The summed E-state index contributed by atoms with van der Waals surface area (Å²) in [6, 6.07) is 0.655. The van der Waals surface area contributed by atoms with Crippen LogP contribution < -0.4 is 5.32 Å². The van der Waals surface area contributed by atoms with E-state index in [0.29, 0.717) is 6.04 Å². The van der Waals surface area contributed by atoms with Crippen LogP contribution >= 0.6 is 0 Å². The number of hydrogen-bond donors (Lipinski definition) is 1. The summed E-state index contributed by atoms with van der Waals surface area (Å²) in [7, 11) is 0. The van der Waals surface area contributed by atoms with Crippen LogP contribution in [0.2, 0.25) is 0 Å². The summed E-state index contributed by atoms with van der Waals surface area (Å²) in [5.41, 5.74) is -0.359. The van der Waals surface area contributed by atoms with Crippen LogP contribution in [0.3, 0.4) is 0 Å². The van der Waals surface area contributed by atoms with Crippen molar-refractivity contribution in [1.29, 1.82) is 0 Å². The van der Waals surface area contributed by atoms with E-state index < -0.39 is 0 Å². The van der Waals surface area contributed by atoms with Crippen LogP contribution in [-0.4, -0.2) is 24.2 Å². The molecule has 0 aromatic heterocycles. The highest BCUT2D eigenvalue weighted by Crippen LogP contribution is 2.34. The molecule has 98 valence electrons. The zero-order valence-electron chi connectivity index (χ0n) is 11.3. The molecule has 0 spiro atoms. The summed E-state index contributed by atoms with van der Waals surface area (Å²) >= 11 is 0. The van der Waals surface area contributed by atoms with Crippen molar-refractivity contribution in [2.75, 3.05) is 6.54 Å². The van der Waals surface area contributed by atoms with E-state index >= 15 is 0 Å². The van der Waals surface area contributed by atoms with Crippen molar-refractivity contribution in [3.8, 4) is 0 Å². The first-order valence-corrected chi connectivity index (χ1v) is 6.92. The summed E-state index contributed by atoms with van der Waals surface area (Å²) in [4.78, 5) is 11.9. The molecule has 2 atom stereocenters. The van der Waals surface area contributed by atoms with Gasteiger partial charge in [-0.3, -0.25) is 4.79 Å². The van der Waals surface area contributed by atoms with Crippen molar-refractivity contribution < 1.29 is 9.53 Å². The van der Waals surface area contributed by atoms with Gasteiger partial charge in [0, 0.05) is 12.6 Å². The Hall–Kier alpha value is -0.570. The van der Waals surface area contributed by atoms with Crippen molar-refractivity contribution in [3.63, 3.8) is 0 Å². The lowest BCUT2D eigenvalue weighted by Gasteiger charge is -2.39. The van der Waals surface area contributed by atoms with Crippen LogP contribution in [0.1, 0.15) is 52.9 Å². The lowest BCUT2D eigenvalue weighted by Crippen LogP contribution is -2.48. The van der Waals surface area contributed by atoms with Gasteiger partial charge in [-0.25, -0.2) is 0 Å². The van der Waals surface area contributed by atoms with Gasteiger partial charge in [0.15, 0.2) is 0 Å². The maximum Gasteiger partial charge on any atom is 0.310 e. The molecule has 2 unspecified atom stereocenters. The Kier molecular flexibility index (Phi) is 3.76. The van der Waals surface area contributed by atoms with Gasteiger partial charge in [-0.05, 0) is 52.4 Å². The molecule has 0 aromatic carbocycles. The zero-order chi connectivity index (χ0) is 12.5. The van der Waals surface area contributed by atoms with Crippen LogP contribution in [-0.2, 0) is 9.53 Å². The number of piperidine rings is 1. The lowest BCUT2D eigenvalue weighted by atomic mass is 9.76. The predicted octanol–water partition coefficient (Wildman–Crippen LogP) is 2.50. The van der Waals surface area contributed by atoms with E-state index in [9.17, 15) is 4.79 Å². The van der Waals surface area contributed by atoms with Crippen molar-refractivity contribution in [3.05, 3.63) is 0 Å².